The summed E-state index contributed by atoms with van der Waals surface area (Å²) < 4.78 is 0. The van der Waals surface area contributed by atoms with Crippen molar-refractivity contribution in [1.82, 2.24) is 0 Å². The van der Waals surface area contributed by atoms with E-state index in [-0.39, 0.29) is 0 Å². The second-order valence-electron chi connectivity index (χ2n) is 1.71. The topological polar surface area (TPSA) is 12.4 Å². The molecule has 56 valence electrons. The first kappa shape index (κ1) is 9.73. The van der Waals surface area contributed by atoms with E-state index < -0.39 is 0 Å². The number of nitrogens with zero attached hydrogens (tertiary/aromatic N) is 1. The Kier molecular flexibility index (Phi) is 4.41. The minimum atomic E-state index is 0.391. The van der Waals surface area contributed by atoms with E-state index in [4.69, 9.17) is 23.2 Å². The lowest BCUT2D eigenvalue weighted by molar-refractivity contribution is 1.38. The molecule has 0 radical (unpaired) electrons. The fraction of sp³-hybridized carbons (Fsp3) is 0.286. The fourth-order valence-corrected chi connectivity index (χ4v) is 0.672. The third-order valence-electron chi connectivity index (χ3n) is 0.959. The van der Waals surface area contributed by atoms with E-state index >= 15 is 0 Å². The van der Waals surface area contributed by atoms with Gasteiger partial charge in [0.2, 0.25) is 0 Å². The Morgan fingerprint density at radius 2 is 2.00 bits per heavy atom. The molecule has 0 rings (SSSR count). The van der Waals surface area contributed by atoms with Gasteiger partial charge in [-0.25, -0.2) is 4.99 Å². The summed E-state index contributed by atoms with van der Waals surface area (Å²) in [5, 5.41) is 0.818. The molecule has 0 aliphatic rings. The fourth-order valence-electron chi connectivity index (χ4n) is 0.322. The van der Waals surface area contributed by atoms with E-state index in [0.717, 1.165) is 0 Å². The molecule has 0 amide bonds. The van der Waals surface area contributed by atoms with E-state index in [9.17, 15) is 0 Å². The molecular formula is C7H9Cl2N. The van der Waals surface area contributed by atoms with Crippen LogP contribution in [-0.2, 0) is 0 Å². The smallest absolute Gasteiger partial charge is 0.132 e. The zero-order chi connectivity index (χ0) is 8.15. The molecule has 0 N–H and O–H groups in total. The van der Waals surface area contributed by atoms with Gasteiger partial charge in [-0.15, -0.1) is 0 Å². The molecule has 0 aliphatic carbocycles. The van der Waals surface area contributed by atoms with E-state index in [0.29, 0.717) is 15.8 Å². The maximum absolute atomic E-state index is 5.66. The summed E-state index contributed by atoms with van der Waals surface area (Å²) >= 11 is 11.2. The first-order valence-electron chi connectivity index (χ1n) is 2.79. The summed E-state index contributed by atoms with van der Waals surface area (Å²) in [6, 6.07) is 0. The van der Waals surface area contributed by atoms with Gasteiger partial charge in [0.1, 0.15) is 5.16 Å². The highest BCUT2D eigenvalue weighted by atomic mass is 35.5. The van der Waals surface area contributed by atoms with Crippen LogP contribution in [0.2, 0.25) is 0 Å². The largest absolute Gasteiger partial charge is 0.249 e. The van der Waals surface area contributed by atoms with Crippen LogP contribution in [0, 0.1) is 0 Å². The predicted octanol–water partition coefficient (Wildman–Crippen LogP) is 3.30. The zero-order valence-electron chi connectivity index (χ0n) is 5.99. The first-order chi connectivity index (χ1) is 4.59. The van der Waals surface area contributed by atoms with Crippen LogP contribution in [0.4, 0.5) is 0 Å². The molecule has 0 atom stereocenters. The second-order valence-corrected chi connectivity index (χ2v) is 2.52. The Balaban J connectivity index is 4.50. The van der Waals surface area contributed by atoms with Crippen LogP contribution in [0.25, 0.3) is 0 Å². The van der Waals surface area contributed by atoms with Crippen molar-refractivity contribution in [2.24, 2.45) is 4.99 Å². The maximum atomic E-state index is 5.66. The van der Waals surface area contributed by atoms with Crippen molar-refractivity contribution >= 4 is 29.4 Å². The number of hydrogen-bond acceptors (Lipinski definition) is 1. The number of rotatable bonds is 2. The molecule has 0 saturated heterocycles. The molecule has 1 nitrogen and oxygen atoms in total. The molecule has 0 heterocycles. The van der Waals surface area contributed by atoms with Crippen molar-refractivity contribution in [2.75, 3.05) is 0 Å². The van der Waals surface area contributed by atoms with Crippen LogP contribution < -0.4 is 0 Å². The molecule has 0 bridgehead atoms. The molecule has 0 fully saturated rings. The number of aliphatic imine (C=N–C) groups is 1. The van der Waals surface area contributed by atoms with Crippen molar-refractivity contribution in [3.05, 3.63) is 22.3 Å². The van der Waals surface area contributed by atoms with Crippen LogP contribution in [-0.4, -0.2) is 6.21 Å². The lowest BCUT2D eigenvalue weighted by Gasteiger charge is -1.96. The molecule has 0 spiro atoms. The van der Waals surface area contributed by atoms with Gasteiger partial charge in [0.15, 0.2) is 0 Å². The Bertz CT molecular complexity index is 192. The summed E-state index contributed by atoms with van der Waals surface area (Å²) in [5.41, 5.74) is 0.710. The monoisotopic (exact) mass is 177 g/mol. The summed E-state index contributed by atoms with van der Waals surface area (Å²) in [5.74, 6) is 0. The minimum absolute atomic E-state index is 0.391. The van der Waals surface area contributed by atoms with Gasteiger partial charge in [0.05, 0.1) is 0 Å². The van der Waals surface area contributed by atoms with Crippen LogP contribution >= 0.6 is 23.2 Å². The van der Waals surface area contributed by atoms with Gasteiger partial charge in [0, 0.05) is 16.8 Å². The number of allylic oxidation sites excluding steroid dienone is 2. The molecular weight excluding hydrogens is 169 g/mol. The molecule has 0 aliphatic heterocycles. The summed E-state index contributed by atoms with van der Waals surface area (Å²) in [6.07, 6.45) is 1.60. The quantitative estimate of drug-likeness (QED) is 0.349. The van der Waals surface area contributed by atoms with Crippen LogP contribution in [0.15, 0.2) is 27.3 Å². The molecule has 0 unspecified atom stereocenters. The number of halogens is 2. The Morgan fingerprint density at radius 3 is 2.30 bits per heavy atom. The van der Waals surface area contributed by atoms with Gasteiger partial charge in [0.25, 0.3) is 0 Å². The summed E-state index contributed by atoms with van der Waals surface area (Å²) in [7, 11) is 0. The van der Waals surface area contributed by atoms with Gasteiger partial charge in [-0.1, -0.05) is 29.8 Å². The molecule has 10 heavy (non-hydrogen) atoms. The minimum Gasteiger partial charge on any atom is -0.249 e. The molecule has 0 aromatic carbocycles. The van der Waals surface area contributed by atoms with Crippen molar-refractivity contribution in [3.63, 3.8) is 0 Å². The van der Waals surface area contributed by atoms with Gasteiger partial charge in [-0.3, -0.25) is 0 Å². The van der Waals surface area contributed by atoms with Gasteiger partial charge in [-0.2, -0.15) is 0 Å². The van der Waals surface area contributed by atoms with Crippen molar-refractivity contribution < 1.29 is 0 Å². The normalized spacial score (nSPS) is 13.6. The highest BCUT2D eigenvalue weighted by Crippen LogP contribution is 2.19. The third-order valence-corrected chi connectivity index (χ3v) is 1.62. The predicted molar refractivity (Wildman–Crippen MR) is 47.7 cm³/mol. The zero-order valence-corrected chi connectivity index (χ0v) is 7.50. The lowest BCUT2D eigenvalue weighted by Crippen LogP contribution is -1.77. The Hall–Kier alpha value is -0.270. The molecule has 0 saturated carbocycles. The average molecular weight is 178 g/mol. The lowest BCUT2D eigenvalue weighted by atomic mass is 10.3. The maximum Gasteiger partial charge on any atom is 0.132 e. The second kappa shape index (κ2) is 4.53. The van der Waals surface area contributed by atoms with Crippen molar-refractivity contribution in [1.29, 1.82) is 0 Å². The van der Waals surface area contributed by atoms with E-state index in [1.165, 1.54) is 0 Å². The van der Waals surface area contributed by atoms with Crippen molar-refractivity contribution in [2.45, 2.75) is 13.8 Å². The number of hydrogen-bond donors (Lipinski definition) is 0. The molecule has 0 aromatic rings. The van der Waals surface area contributed by atoms with Crippen molar-refractivity contribution in [3.8, 4) is 0 Å². The van der Waals surface area contributed by atoms with E-state index in [1.54, 1.807) is 20.1 Å². The standard InChI is InChI=1S/C7H9Cl2N/c1-4-10-7(9)5(2)6(3)8/h4H,3H2,1-2H3. The highest BCUT2D eigenvalue weighted by Gasteiger charge is 1.97. The van der Waals surface area contributed by atoms with E-state index in [2.05, 4.69) is 11.6 Å². The summed E-state index contributed by atoms with van der Waals surface area (Å²) in [4.78, 5) is 3.82. The SMILES string of the molecule is C=C(Cl)C(C)=C(Cl)N=CC. The molecule has 0 aromatic heterocycles. The van der Waals surface area contributed by atoms with Gasteiger partial charge >= 0.3 is 0 Å². The third kappa shape index (κ3) is 3.04. The van der Waals surface area contributed by atoms with Gasteiger partial charge in [-0.05, 0) is 13.8 Å². The van der Waals surface area contributed by atoms with Crippen LogP contribution in [0.1, 0.15) is 13.8 Å². The van der Waals surface area contributed by atoms with Gasteiger partial charge < -0.3 is 0 Å². The first-order valence-corrected chi connectivity index (χ1v) is 3.55. The Labute approximate surface area is 71.1 Å². The summed E-state index contributed by atoms with van der Waals surface area (Å²) in [6.45, 7) is 7.06. The van der Waals surface area contributed by atoms with Crippen LogP contribution in [0.3, 0.4) is 0 Å². The van der Waals surface area contributed by atoms with Crippen LogP contribution in [0.5, 0.6) is 0 Å². The average Bonchev–Trinajstić information content (AvgIpc) is 1.87. The van der Waals surface area contributed by atoms with E-state index in [1.807, 2.05) is 0 Å². The highest BCUT2D eigenvalue weighted by molar-refractivity contribution is 6.35. The Morgan fingerprint density at radius 1 is 1.50 bits per heavy atom. The molecule has 3 heteroatoms.